The summed E-state index contributed by atoms with van der Waals surface area (Å²) in [7, 11) is 3.16. The summed E-state index contributed by atoms with van der Waals surface area (Å²) < 4.78 is 42.2. The van der Waals surface area contributed by atoms with E-state index in [0.29, 0.717) is 5.56 Å². The number of esters is 1. The number of hydrogen-bond acceptors (Lipinski definition) is 3. The molecule has 0 aliphatic rings. The van der Waals surface area contributed by atoms with Gasteiger partial charge in [-0.15, -0.1) is 0 Å². The molecule has 116 valence electrons. The lowest BCUT2D eigenvalue weighted by Gasteiger charge is -2.34. The molecule has 0 aromatic heterocycles. The molecule has 0 N–H and O–H groups in total. The highest BCUT2D eigenvalue weighted by Gasteiger charge is 2.47. The van der Waals surface area contributed by atoms with Crippen LogP contribution < -0.4 is 0 Å². The van der Waals surface area contributed by atoms with Gasteiger partial charge in [-0.05, 0) is 13.8 Å². The first-order valence-electron chi connectivity index (χ1n) is 6.07. The first kappa shape index (κ1) is 17.4. The largest absolute Gasteiger partial charge is 0.490 e. The average Bonchev–Trinajstić information content (AvgIpc) is 2.37. The van der Waals surface area contributed by atoms with Crippen molar-refractivity contribution in [2.24, 2.45) is 0 Å². The van der Waals surface area contributed by atoms with E-state index in [1.807, 2.05) is 6.92 Å². The normalized spacial score (nSPS) is 14.2. The summed E-state index contributed by atoms with van der Waals surface area (Å²) in [5.74, 6) is -2.27. The molecule has 0 aliphatic carbocycles. The third-order valence-corrected chi connectivity index (χ3v) is 3.70. The van der Waals surface area contributed by atoms with Gasteiger partial charge in [0.25, 0.3) is 0 Å². The second kappa shape index (κ2) is 6.01. The maximum Gasteiger partial charge on any atom is 0.490 e. The number of rotatable bonds is 3. The number of halogens is 3. The second-order valence-electron chi connectivity index (χ2n) is 4.99. The Morgan fingerprint density at radius 1 is 1.19 bits per heavy atom. The van der Waals surface area contributed by atoms with Gasteiger partial charge in [0.05, 0.1) is 0 Å². The van der Waals surface area contributed by atoms with Crippen molar-refractivity contribution < 1.29 is 22.7 Å². The number of hydrogen-bond donors (Lipinski definition) is 0. The molecule has 1 unspecified atom stereocenters. The maximum absolute atomic E-state index is 12.5. The first-order chi connectivity index (χ1) is 9.48. The minimum absolute atomic E-state index is 0.0731. The molecule has 21 heavy (non-hydrogen) atoms. The molecule has 0 saturated heterocycles. The zero-order valence-electron chi connectivity index (χ0n) is 12.1. The number of ether oxygens (including phenoxy) is 1. The van der Waals surface area contributed by atoms with Gasteiger partial charge in [0.1, 0.15) is 4.99 Å². The lowest BCUT2D eigenvalue weighted by Crippen LogP contribution is -2.46. The van der Waals surface area contributed by atoms with Crippen molar-refractivity contribution in [2.75, 3.05) is 14.1 Å². The molecule has 0 aliphatic heterocycles. The lowest BCUT2D eigenvalue weighted by atomic mass is 9.94. The van der Waals surface area contributed by atoms with Crippen molar-refractivity contribution in [1.29, 1.82) is 0 Å². The van der Waals surface area contributed by atoms with Gasteiger partial charge in [-0.2, -0.15) is 13.2 Å². The number of carbonyl (C=O) groups is 1. The molecule has 0 heterocycles. The van der Waals surface area contributed by atoms with Gasteiger partial charge in [0, 0.05) is 19.7 Å². The summed E-state index contributed by atoms with van der Waals surface area (Å²) in [6.45, 7) is 3.19. The highest BCUT2D eigenvalue weighted by Crippen LogP contribution is 2.32. The van der Waals surface area contributed by atoms with Crippen molar-refractivity contribution in [1.82, 2.24) is 4.90 Å². The van der Waals surface area contributed by atoms with Crippen molar-refractivity contribution in [3.05, 3.63) is 35.4 Å². The number of aryl methyl sites for hydroxylation is 1. The monoisotopic (exact) mass is 319 g/mol. The quantitative estimate of drug-likeness (QED) is 0.632. The molecule has 7 heteroatoms. The van der Waals surface area contributed by atoms with Crippen molar-refractivity contribution in [2.45, 2.75) is 25.6 Å². The van der Waals surface area contributed by atoms with E-state index in [-0.39, 0.29) is 4.99 Å². The molecule has 0 fully saturated rings. The van der Waals surface area contributed by atoms with Crippen LogP contribution in [-0.2, 0) is 15.1 Å². The van der Waals surface area contributed by atoms with Gasteiger partial charge < -0.3 is 9.64 Å². The van der Waals surface area contributed by atoms with E-state index < -0.39 is 17.7 Å². The van der Waals surface area contributed by atoms with Gasteiger partial charge in [-0.25, -0.2) is 4.79 Å². The molecular weight excluding hydrogens is 303 g/mol. The molecule has 0 bridgehead atoms. The van der Waals surface area contributed by atoms with Crippen molar-refractivity contribution in [3.63, 3.8) is 0 Å². The van der Waals surface area contributed by atoms with Gasteiger partial charge in [0.15, 0.2) is 5.60 Å². The highest BCUT2D eigenvalue weighted by atomic mass is 32.1. The molecule has 0 spiro atoms. The third-order valence-electron chi connectivity index (χ3n) is 2.94. The van der Waals surface area contributed by atoms with E-state index in [4.69, 9.17) is 17.0 Å². The highest BCUT2D eigenvalue weighted by molar-refractivity contribution is 7.80. The van der Waals surface area contributed by atoms with Crippen LogP contribution in [0.25, 0.3) is 0 Å². The Morgan fingerprint density at radius 3 is 2.05 bits per heavy atom. The summed E-state index contributed by atoms with van der Waals surface area (Å²) in [5, 5.41) is 0. The molecule has 1 aromatic rings. The molecule has 0 radical (unpaired) electrons. The number of benzene rings is 1. The molecule has 0 saturated carbocycles. The molecule has 3 nitrogen and oxygen atoms in total. The molecule has 0 amide bonds. The van der Waals surface area contributed by atoms with Gasteiger partial charge in [-0.3, -0.25) is 0 Å². The Kier molecular flexibility index (Phi) is 4.99. The summed E-state index contributed by atoms with van der Waals surface area (Å²) >= 11 is 5.15. The lowest BCUT2D eigenvalue weighted by molar-refractivity contribution is -0.208. The van der Waals surface area contributed by atoms with Crippen LogP contribution in [-0.4, -0.2) is 36.1 Å². The fourth-order valence-electron chi connectivity index (χ4n) is 1.77. The fourth-order valence-corrected chi connectivity index (χ4v) is 1.93. The Labute approximate surface area is 126 Å². The number of alkyl halides is 3. The van der Waals surface area contributed by atoms with Crippen LogP contribution in [0.3, 0.4) is 0 Å². The summed E-state index contributed by atoms with van der Waals surface area (Å²) in [4.78, 5) is 12.7. The topological polar surface area (TPSA) is 29.5 Å². The number of thiocarbonyl (C=S) groups is 1. The average molecular weight is 319 g/mol. The van der Waals surface area contributed by atoms with Crippen LogP contribution in [0.4, 0.5) is 13.2 Å². The number of nitrogens with zero attached hydrogens (tertiary/aromatic N) is 1. The van der Waals surface area contributed by atoms with Crippen LogP contribution in [0.1, 0.15) is 18.1 Å². The van der Waals surface area contributed by atoms with Crippen LogP contribution in [0.5, 0.6) is 0 Å². The van der Waals surface area contributed by atoms with E-state index in [9.17, 15) is 18.0 Å². The SMILES string of the molecule is Cc1ccc(C(C)(OC(=O)C(F)(F)F)C(=S)N(C)C)cc1. The Balaban J connectivity index is 3.27. The molecule has 1 atom stereocenters. The minimum Gasteiger partial charge on any atom is -0.440 e. The van der Waals surface area contributed by atoms with E-state index >= 15 is 0 Å². The predicted molar refractivity (Wildman–Crippen MR) is 77.0 cm³/mol. The third kappa shape index (κ3) is 3.93. The Morgan fingerprint density at radius 2 is 1.67 bits per heavy atom. The number of carbonyl (C=O) groups excluding carboxylic acids is 1. The second-order valence-corrected chi connectivity index (χ2v) is 5.37. The Bertz CT molecular complexity index is 540. The maximum atomic E-state index is 12.5. The first-order valence-corrected chi connectivity index (χ1v) is 6.48. The summed E-state index contributed by atoms with van der Waals surface area (Å²) in [6.07, 6.45) is -5.08. The summed E-state index contributed by atoms with van der Waals surface area (Å²) in [5.41, 5.74) is -0.359. The van der Waals surface area contributed by atoms with Crippen LogP contribution >= 0.6 is 12.2 Å². The zero-order valence-corrected chi connectivity index (χ0v) is 12.9. The minimum atomic E-state index is -5.08. The van der Waals surface area contributed by atoms with Crippen molar-refractivity contribution in [3.8, 4) is 0 Å². The van der Waals surface area contributed by atoms with E-state index in [1.165, 1.54) is 11.8 Å². The van der Waals surface area contributed by atoms with Gasteiger partial charge >= 0.3 is 12.1 Å². The Hall–Kier alpha value is -1.63. The van der Waals surface area contributed by atoms with Crippen LogP contribution in [0.2, 0.25) is 0 Å². The van der Waals surface area contributed by atoms with Gasteiger partial charge in [-0.1, -0.05) is 42.0 Å². The fraction of sp³-hybridized carbons (Fsp3) is 0.429. The zero-order chi connectivity index (χ0) is 16.4. The molecule has 1 rings (SSSR count). The standard InChI is InChI=1S/C14H16F3NO2S/c1-9-5-7-10(8-6-9)13(2,11(21)18(3)4)20-12(19)14(15,16)17/h5-8H,1-4H3. The van der Waals surface area contributed by atoms with Crippen molar-refractivity contribution >= 4 is 23.2 Å². The molecular formula is C14H16F3NO2S. The molecule has 1 aromatic carbocycles. The van der Waals surface area contributed by atoms with Crippen LogP contribution in [0.15, 0.2) is 24.3 Å². The smallest absolute Gasteiger partial charge is 0.440 e. The van der Waals surface area contributed by atoms with E-state index in [0.717, 1.165) is 5.56 Å². The predicted octanol–water partition coefficient (Wildman–Crippen LogP) is 3.20. The van der Waals surface area contributed by atoms with E-state index in [2.05, 4.69) is 0 Å². The van der Waals surface area contributed by atoms with Crippen LogP contribution in [0, 0.1) is 6.92 Å². The summed E-state index contributed by atoms with van der Waals surface area (Å²) in [6, 6.07) is 6.62. The van der Waals surface area contributed by atoms with Gasteiger partial charge in [0.2, 0.25) is 0 Å². The van der Waals surface area contributed by atoms with E-state index in [1.54, 1.807) is 38.4 Å². The number of likely N-dealkylation sites (N-methyl/N-ethyl adjacent to an activating group) is 1.